The molecule has 3 aromatic rings. The van der Waals surface area contributed by atoms with Gasteiger partial charge in [0, 0.05) is 16.7 Å². The molecule has 1 saturated heterocycles. The summed E-state index contributed by atoms with van der Waals surface area (Å²) in [6, 6.07) is 19.1. The van der Waals surface area contributed by atoms with Crippen LogP contribution in [0.5, 0.6) is 5.75 Å². The van der Waals surface area contributed by atoms with Crippen LogP contribution in [0.1, 0.15) is 89.0 Å². The number of hydrogen-bond acceptors (Lipinski definition) is 8. The van der Waals surface area contributed by atoms with E-state index < -0.39 is 23.5 Å². The van der Waals surface area contributed by atoms with Crippen LogP contribution in [-0.4, -0.2) is 44.5 Å². The summed E-state index contributed by atoms with van der Waals surface area (Å²) in [5, 5.41) is 0. The van der Waals surface area contributed by atoms with Crippen LogP contribution in [0.2, 0.25) is 0 Å². The summed E-state index contributed by atoms with van der Waals surface area (Å²) >= 11 is 0. The fourth-order valence-electron chi connectivity index (χ4n) is 6.09. The number of carbonyl (C=O) groups excluding carboxylic acids is 3. The van der Waals surface area contributed by atoms with Crippen molar-refractivity contribution in [3.63, 3.8) is 0 Å². The fourth-order valence-corrected chi connectivity index (χ4v) is 6.09. The van der Waals surface area contributed by atoms with Crippen molar-refractivity contribution in [2.45, 2.75) is 92.6 Å². The maximum Gasteiger partial charge on any atom is 0.508 e. The molecule has 0 bridgehead atoms. The summed E-state index contributed by atoms with van der Waals surface area (Å²) < 4.78 is 27.7. The van der Waals surface area contributed by atoms with Crippen LogP contribution in [-0.2, 0) is 54.4 Å². The number of benzene rings is 3. The van der Waals surface area contributed by atoms with Crippen molar-refractivity contribution < 1.29 is 38.1 Å². The molecule has 0 spiro atoms. The van der Waals surface area contributed by atoms with E-state index in [0.717, 1.165) is 40.7 Å². The third-order valence-corrected chi connectivity index (χ3v) is 9.24. The van der Waals surface area contributed by atoms with Gasteiger partial charge in [0.05, 0.1) is 18.6 Å². The first-order valence-corrected chi connectivity index (χ1v) is 18.4. The largest absolute Gasteiger partial charge is 0.508 e. The summed E-state index contributed by atoms with van der Waals surface area (Å²) in [5.74, 6) is -0.740. The average molecular weight is 711 g/mol. The number of carbonyl (C=O) groups is 3. The van der Waals surface area contributed by atoms with Gasteiger partial charge in [0.15, 0.2) is 0 Å². The van der Waals surface area contributed by atoms with Crippen LogP contribution < -0.4 is 4.74 Å². The van der Waals surface area contributed by atoms with Gasteiger partial charge in [0.2, 0.25) is 0 Å². The number of esters is 2. The lowest BCUT2D eigenvalue weighted by atomic mass is 9.90. The van der Waals surface area contributed by atoms with Gasteiger partial charge in [-0.15, -0.1) is 0 Å². The van der Waals surface area contributed by atoms with Crippen molar-refractivity contribution in [1.82, 2.24) is 0 Å². The predicted molar refractivity (Wildman–Crippen MR) is 204 cm³/mol. The van der Waals surface area contributed by atoms with Gasteiger partial charge in [-0.3, -0.25) is 0 Å². The fraction of sp³-hybridized carbons (Fsp3) is 0.432. The van der Waals surface area contributed by atoms with Gasteiger partial charge in [0.25, 0.3) is 0 Å². The predicted octanol–water partition coefficient (Wildman–Crippen LogP) is 9.93. The Bertz CT molecular complexity index is 1730. The highest BCUT2D eigenvalue weighted by atomic mass is 16.7. The van der Waals surface area contributed by atoms with Crippen LogP contribution in [0.15, 0.2) is 78.9 Å². The first kappa shape index (κ1) is 40.1. The molecular formula is C44H54O8. The Hall–Kier alpha value is -4.69. The number of hydrogen-bond donors (Lipinski definition) is 0. The number of unbranched alkanes of at least 4 members (excludes halogenated alkanes) is 4. The molecule has 0 aliphatic carbocycles. The van der Waals surface area contributed by atoms with Crippen LogP contribution in [0, 0.1) is 5.41 Å². The molecule has 1 fully saturated rings. The molecule has 0 atom stereocenters. The summed E-state index contributed by atoms with van der Waals surface area (Å²) in [6.07, 6.45) is 7.87. The summed E-state index contributed by atoms with van der Waals surface area (Å²) in [7, 11) is 0. The molecule has 278 valence electrons. The topological polar surface area (TPSA) is 97.4 Å². The van der Waals surface area contributed by atoms with Crippen molar-refractivity contribution in [3.05, 3.63) is 101 Å². The SMILES string of the molecule is C=C(C)C(=O)OCc1cc(-c2ccc(-c3ccc(CCCCCCC)cc3)cc2CC)cc(OC(=O)C(=C)C)c1CCOCC1(C)COC(=O)OC1. The van der Waals surface area contributed by atoms with E-state index >= 15 is 0 Å². The summed E-state index contributed by atoms with van der Waals surface area (Å²) in [4.78, 5) is 36.8. The van der Waals surface area contributed by atoms with Crippen LogP contribution >= 0.6 is 0 Å². The van der Waals surface area contributed by atoms with Crippen LogP contribution in [0.25, 0.3) is 22.3 Å². The van der Waals surface area contributed by atoms with E-state index in [0.29, 0.717) is 23.3 Å². The Balaban J connectivity index is 1.64. The molecule has 8 nitrogen and oxygen atoms in total. The normalized spacial score (nSPS) is 13.5. The van der Waals surface area contributed by atoms with Crippen molar-refractivity contribution in [1.29, 1.82) is 0 Å². The standard InChI is InChI=1S/C44H54O8/c1-8-10-11-12-13-14-32-15-17-34(18-16-32)35-19-20-38(33(9-2)23-35)36-24-37(26-49-41(45)30(3)4)39(40(25-36)52-42(46)31(5)6)21-22-48-27-44(7)28-50-43(47)51-29-44/h15-20,23-25H,3,5,8-14,21-22,26-29H2,1-2,4,6-7H3. The second-order valence-electron chi connectivity index (χ2n) is 14.2. The highest BCUT2D eigenvalue weighted by Crippen LogP contribution is 2.36. The second kappa shape index (κ2) is 19.2. The maximum atomic E-state index is 12.9. The van der Waals surface area contributed by atoms with E-state index in [-0.39, 0.29) is 44.2 Å². The summed E-state index contributed by atoms with van der Waals surface area (Å²) in [6.45, 7) is 17.8. The van der Waals surface area contributed by atoms with E-state index in [1.165, 1.54) is 37.7 Å². The van der Waals surface area contributed by atoms with Crippen molar-refractivity contribution >= 4 is 18.1 Å². The average Bonchev–Trinajstić information content (AvgIpc) is 3.14. The van der Waals surface area contributed by atoms with Crippen molar-refractivity contribution in [3.8, 4) is 28.0 Å². The molecule has 0 N–H and O–H groups in total. The molecule has 0 unspecified atom stereocenters. The Labute approximate surface area is 309 Å². The molecule has 4 rings (SSSR count). The highest BCUT2D eigenvalue weighted by molar-refractivity contribution is 5.89. The van der Waals surface area contributed by atoms with Gasteiger partial charge >= 0.3 is 18.1 Å². The van der Waals surface area contributed by atoms with Gasteiger partial charge in [-0.25, -0.2) is 14.4 Å². The molecule has 1 aliphatic rings. The Morgan fingerprint density at radius 2 is 1.44 bits per heavy atom. The van der Waals surface area contributed by atoms with E-state index in [1.807, 2.05) is 19.1 Å². The quantitative estimate of drug-likeness (QED) is 0.0525. The minimum atomic E-state index is -0.686. The highest BCUT2D eigenvalue weighted by Gasteiger charge is 2.33. The van der Waals surface area contributed by atoms with Gasteiger partial charge < -0.3 is 23.7 Å². The maximum absolute atomic E-state index is 12.9. The molecular weight excluding hydrogens is 656 g/mol. The lowest BCUT2D eigenvalue weighted by Gasteiger charge is -2.31. The molecule has 1 aliphatic heterocycles. The van der Waals surface area contributed by atoms with Crippen LogP contribution in [0.4, 0.5) is 4.79 Å². The molecule has 3 aromatic carbocycles. The number of cyclic esters (lactones) is 2. The zero-order valence-corrected chi connectivity index (χ0v) is 31.6. The first-order valence-electron chi connectivity index (χ1n) is 18.4. The van der Waals surface area contributed by atoms with E-state index in [9.17, 15) is 14.4 Å². The van der Waals surface area contributed by atoms with E-state index in [4.69, 9.17) is 23.7 Å². The lowest BCUT2D eigenvalue weighted by molar-refractivity contribution is -0.140. The van der Waals surface area contributed by atoms with Gasteiger partial charge in [-0.2, -0.15) is 0 Å². The number of rotatable bonds is 19. The number of ether oxygens (including phenoxy) is 5. The van der Waals surface area contributed by atoms with E-state index in [1.54, 1.807) is 13.8 Å². The molecule has 0 radical (unpaired) electrons. The van der Waals surface area contributed by atoms with Gasteiger partial charge in [-0.1, -0.05) is 102 Å². The third kappa shape index (κ3) is 11.4. The molecule has 0 saturated carbocycles. The molecule has 0 aromatic heterocycles. The second-order valence-corrected chi connectivity index (χ2v) is 14.2. The van der Waals surface area contributed by atoms with Gasteiger partial charge in [-0.05, 0) is 90.6 Å². The smallest absolute Gasteiger partial charge is 0.457 e. The first-order chi connectivity index (χ1) is 24.9. The third-order valence-electron chi connectivity index (χ3n) is 9.24. The molecule has 52 heavy (non-hydrogen) atoms. The van der Waals surface area contributed by atoms with Gasteiger partial charge in [0.1, 0.15) is 25.6 Å². The summed E-state index contributed by atoms with van der Waals surface area (Å²) in [5.41, 5.74) is 7.96. The minimum Gasteiger partial charge on any atom is -0.457 e. The van der Waals surface area contributed by atoms with Crippen LogP contribution in [0.3, 0.4) is 0 Å². The van der Waals surface area contributed by atoms with Crippen molar-refractivity contribution in [2.24, 2.45) is 5.41 Å². The molecule has 0 amide bonds. The Kier molecular flexibility index (Phi) is 14.8. The minimum absolute atomic E-state index is 0.0571. The lowest BCUT2D eigenvalue weighted by Crippen LogP contribution is -2.40. The Morgan fingerprint density at radius 3 is 2.10 bits per heavy atom. The monoisotopic (exact) mass is 710 g/mol. The zero-order valence-electron chi connectivity index (χ0n) is 31.6. The Morgan fingerprint density at radius 1 is 0.788 bits per heavy atom. The van der Waals surface area contributed by atoms with Crippen molar-refractivity contribution in [2.75, 3.05) is 26.4 Å². The number of aryl methyl sites for hydroxylation is 2. The zero-order chi connectivity index (χ0) is 37.7. The van der Waals surface area contributed by atoms with E-state index in [2.05, 4.69) is 69.5 Å². The molecule has 1 heterocycles. The molecule has 8 heteroatoms.